The predicted molar refractivity (Wildman–Crippen MR) is 66.4 cm³/mol. The molecule has 2 N–H and O–H groups in total. The van der Waals surface area contributed by atoms with E-state index in [4.69, 9.17) is 9.84 Å². The molecule has 0 saturated heterocycles. The molecule has 0 unspecified atom stereocenters. The molecule has 98 valence electrons. The Morgan fingerprint density at radius 1 is 1.33 bits per heavy atom. The van der Waals surface area contributed by atoms with Crippen LogP contribution >= 0.6 is 0 Å². The Kier molecular flexibility index (Phi) is 5.17. The van der Waals surface area contributed by atoms with Crippen LogP contribution in [0.1, 0.15) is 24.0 Å². The highest BCUT2D eigenvalue weighted by molar-refractivity contribution is 5.80. The highest BCUT2D eigenvalue weighted by Crippen LogP contribution is 2.18. The molecule has 0 aliphatic heterocycles. The average Bonchev–Trinajstić information content (AvgIpc) is 2.34. The molecule has 0 radical (unpaired) electrons. The Balaban J connectivity index is 2.46. The number of carboxylic acids is 1. The van der Waals surface area contributed by atoms with Gasteiger partial charge in [0.05, 0.1) is 13.5 Å². The van der Waals surface area contributed by atoms with E-state index in [1.54, 1.807) is 7.11 Å². The molecule has 5 heteroatoms. The lowest BCUT2D eigenvalue weighted by molar-refractivity contribution is -0.138. The lowest BCUT2D eigenvalue weighted by atomic mass is 10.1. The SMILES string of the molecule is COc1ccc(CNC(=O)CCC(=O)O)cc1C. The fourth-order valence-corrected chi connectivity index (χ4v) is 1.56. The van der Waals surface area contributed by atoms with Gasteiger partial charge in [-0.1, -0.05) is 12.1 Å². The zero-order valence-electron chi connectivity index (χ0n) is 10.5. The van der Waals surface area contributed by atoms with Gasteiger partial charge in [-0.2, -0.15) is 0 Å². The Labute approximate surface area is 106 Å². The number of hydrogen-bond donors (Lipinski definition) is 2. The van der Waals surface area contributed by atoms with Crippen molar-refractivity contribution in [3.05, 3.63) is 29.3 Å². The van der Waals surface area contributed by atoms with Gasteiger partial charge < -0.3 is 15.2 Å². The first-order chi connectivity index (χ1) is 8.52. The van der Waals surface area contributed by atoms with Gasteiger partial charge in [0.1, 0.15) is 5.75 Å². The summed E-state index contributed by atoms with van der Waals surface area (Å²) in [6, 6.07) is 5.63. The second-order valence-corrected chi connectivity index (χ2v) is 3.97. The van der Waals surface area contributed by atoms with Crippen LogP contribution in [0.15, 0.2) is 18.2 Å². The van der Waals surface area contributed by atoms with Crippen LogP contribution in [0.25, 0.3) is 0 Å². The summed E-state index contributed by atoms with van der Waals surface area (Å²) in [7, 11) is 1.61. The third-order valence-electron chi connectivity index (χ3n) is 2.51. The van der Waals surface area contributed by atoms with Gasteiger partial charge in [0, 0.05) is 13.0 Å². The summed E-state index contributed by atoms with van der Waals surface area (Å²) in [6.45, 7) is 2.32. The molecule has 0 fully saturated rings. The van der Waals surface area contributed by atoms with Crippen LogP contribution in [0.5, 0.6) is 5.75 Å². The van der Waals surface area contributed by atoms with E-state index in [1.807, 2.05) is 25.1 Å². The smallest absolute Gasteiger partial charge is 0.303 e. The second kappa shape index (κ2) is 6.64. The maximum Gasteiger partial charge on any atom is 0.303 e. The Bertz CT molecular complexity index is 443. The van der Waals surface area contributed by atoms with E-state index in [1.165, 1.54) is 0 Å². The molecule has 0 spiro atoms. The number of methoxy groups -OCH3 is 1. The van der Waals surface area contributed by atoms with Gasteiger partial charge in [-0.05, 0) is 24.1 Å². The van der Waals surface area contributed by atoms with Crippen LogP contribution in [0.3, 0.4) is 0 Å². The van der Waals surface area contributed by atoms with Crippen molar-refractivity contribution in [3.8, 4) is 5.75 Å². The van der Waals surface area contributed by atoms with Crippen molar-refractivity contribution in [2.24, 2.45) is 0 Å². The first kappa shape index (κ1) is 14.0. The fraction of sp³-hybridized carbons (Fsp3) is 0.385. The minimum atomic E-state index is -0.967. The number of ether oxygens (including phenoxy) is 1. The van der Waals surface area contributed by atoms with Crippen molar-refractivity contribution >= 4 is 11.9 Å². The number of aliphatic carboxylic acids is 1. The monoisotopic (exact) mass is 251 g/mol. The largest absolute Gasteiger partial charge is 0.496 e. The number of carbonyl (C=O) groups excluding carboxylic acids is 1. The number of benzene rings is 1. The van der Waals surface area contributed by atoms with E-state index in [9.17, 15) is 9.59 Å². The minimum absolute atomic E-state index is 0.00443. The molecule has 0 aliphatic rings. The predicted octanol–water partition coefficient (Wildman–Crippen LogP) is 1.48. The number of carboxylic acid groups (broad SMARTS) is 1. The van der Waals surface area contributed by atoms with Crippen molar-refractivity contribution in [1.82, 2.24) is 5.32 Å². The van der Waals surface area contributed by atoms with Gasteiger partial charge in [0.15, 0.2) is 0 Å². The van der Waals surface area contributed by atoms with E-state index >= 15 is 0 Å². The summed E-state index contributed by atoms with van der Waals surface area (Å²) in [5.41, 5.74) is 1.95. The highest BCUT2D eigenvalue weighted by atomic mass is 16.5. The fourth-order valence-electron chi connectivity index (χ4n) is 1.56. The lowest BCUT2D eigenvalue weighted by Crippen LogP contribution is -2.23. The number of nitrogens with one attached hydrogen (secondary N) is 1. The summed E-state index contributed by atoms with van der Waals surface area (Å²) in [5.74, 6) is -0.424. The molecule has 0 atom stereocenters. The van der Waals surface area contributed by atoms with Crippen LogP contribution in [-0.2, 0) is 16.1 Å². The van der Waals surface area contributed by atoms with Gasteiger partial charge in [-0.25, -0.2) is 0 Å². The maximum absolute atomic E-state index is 11.3. The molecule has 1 rings (SSSR count). The zero-order chi connectivity index (χ0) is 13.5. The van der Waals surface area contributed by atoms with E-state index in [-0.39, 0.29) is 18.7 Å². The summed E-state index contributed by atoms with van der Waals surface area (Å²) in [6.07, 6.45) is -0.141. The standard InChI is InChI=1S/C13H17NO4/c1-9-7-10(3-4-11(9)18-2)8-14-12(15)5-6-13(16)17/h3-4,7H,5-6,8H2,1-2H3,(H,14,15)(H,16,17). The van der Waals surface area contributed by atoms with Crippen LogP contribution < -0.4 is 10.1 Å². The molecule has 0 aromatic heterocycles. The van der Waals surface area contributed by atoms with Crippen molar-refractivity contribution in [1.29, 1.82) is 0 Å². The normalized spacial score (nSPS) is 9.89. The van der Waals surface area contributed by atoms with E-state index in [0.717, 1.165) is 16.9 Å². The number of amides is 1. The van der Waals surface area contributed by atoms with Crippen LogP contribution in [-0.4, -0.2) is 24.1 Å². The van der Waals surface area contributed by atoms with Crippen LogP contribution in [0, 0.1) is 6.92 Å². The first-order valence-corrected chi connectivity index (χ1v) is 5.65. The minimum Gasteiger partial charge on any atom is -0.496 e. The summed E-state index contributed by atoms with van der Waals surface area (Å²) < 4.78 is 5.14. The second-order valence-electron chi connectivity index (χ2n) is 3.97. The number of carbonyl (C=O) groups is 2. The van der Waals surface area contributed by atoms with Crippen molar-refractivity contribution in [2.45, 2.75) is 26.3 Å². The van der Waals surface area contributed by atoms with Crippen molar-refractivity contribution in [3.63, 3.8) is 0 Å². The van der Waals surface area contributed by atoms with Gasteiger partial charge in [-0.3, -0.25) is 9.59 Å². The molecular formula is C13H17NO4. The lowest BCUT2D eigenvalue weighted by Gasteiger charge is -2.08. The number of aryl methyl sites for hydroxylation is 1. The molecule has 5 nitrogen and oxygen atoms in total. The molecule has 1 aromatic rings. The summed E-state index contributed by atoms with van der Waals surface area (Å²) >= 11 is 0. The van der Waals surface area contributed by atoms with E-state index in [0.29, 0.717) is 6.54 Å². The Morgan fingerprint density at radius 2 is 2.06 bits per heavy atom. The van der Waals surface area contributed by atoms with E-state index in [2.05, 4.69) is 5.32 Å². The molecule has 18 heavy (non-hydrogen) atoms. The molecule has 0 saturated carbocycles. The Hall–Kier alpha value is -2.04. The van der Waals surface area contributed by atoms with Gasteiger partial charge >= 0.3 is 5.97 Å². The summed E-state index contributed by atoms with van der Waals surface area (Å²) in [5, 5.41) is 11.1. The number of hydrogen-bond acceptors (Lipinski definition) is 3. The molecule has 0 aliphatic carbocycles. The third-order valence-corrected chi connectivity index (χ3v) is 2.51. The van der Waals surface area contributed by atoms with Gasteiger partial charge in [0.25, 0.3) is 0 Å². The first-order valence-electron chi connectivity index (χ1n) is 5.65. The highest BCUT2D eigenvalue weighted by Gasteiger charge is 2.05. The molecule has 1 amide bonds. The average molecular weight is 251 g/mol. The maximum atomic E-state index is 11.3. The number of rotatable bonds is 6. The molecule has 1 aromatic carbocycles. The molecular weight excluding hydrogens is 234 g/mol. The topological polar surface area (TPSA) is 75.6 Å². The van der Waals surface area contributed by atoms with E-state index < -0.39 is 5.97 Å². The van der Waals surface area contributed by atoms with Crippen LogP contribution in [0.2, 0.25) is 0 Å². The molecule has 0 bridgehead atoms. The van der Waals surface area contributed by atoms with Gasteiger partial charge in [-0.15, -0.1) is 0 Å². The molecule has 0 heterocycles. The summed E-state index contributed by atoms with van der Waals surface area (Å²) in [4.78, 5) is 21.6. The van der Waals surface area contributed by atoms with Crippen LogP contribution in [0.4, 0.5) is 0 Å². The van der Waals surface area contributed by atoms with Crippen molar-refractivity contribution < 1.29 is 19.4 Å². The third kappa shape index (κ3) is 4.45. The Morgan fingerprint density at radius 3 is 2.61 bits per heavy atom. The quantitative estimate of drug-likeness (QED) is 0.803. The van der Waals surface area contributed by atoms with Crippen molar-refractivity contribution in [2.75, 3.05) is 7.11 Å². The zero-order valence-corrected chi connectivity index (χ0v) is 10.5. The van der Waals surface area contributed by atoms with Gasteiger partial charge in [0.2, 0.25) is 5.91 Å².